The summed E-state index contributed by atoms with van der Waals surface area (Å²) < 4.78 is 0. The fraction of sp³-hybridized carbons (Fsp3) is 0.600. The molecule has 0 spiro atoms. The molecule has 3 N–H and O–H groups in total. The molecule has 0 radical (unpaired) electrons. The van der Waals surface area contributed by atoms with Crippen molar-refractivity contribution < 1.29 is 0 Å². The van der Waals surface area contributed by atoms with Crippen LogP contribution in [0.25, 0.3) is 0 Å². The molecule has 0 aliphatic carbocycles. The molecule has 1 rings (SSSR count). The molecule has 0 bridgehead atoms. The maximum Gasteiger partial charge on any atom is 0.244 e. The van der Waals surface area contributed by atoms with Crippen LogP contribution in [0, 0.1) is 0 Å². The fourth-order valence-corrected chi connectivity index (χ4v) is 0.577. The van der Waals surface area contributed by atoms with Gasteiger partial charge in [0.15, 0.2) is 0 Å². The van der Waals surface area contributed by atoms with Gasteiger partial charge in [0.1, 0.15) is 5.82 Å². The van der Waals surface area contributed by atoms with Crippen molar-refractivity contribution in [1.29, 1.82) is 0 Å². The standard InChI is InChI=1S/C5H11N5/c1-10(2)5-7-4(3-6)8-9-5/h3,6H2,1-2H3,(H,7,8,9). The normalized spacial score (nSPS) is 9.90. The van der Waals surface area contributed by atoms with Gasteiger partial charge in [-0.2, -0.15) is 4.98 Å². The molecule has 0 saturated carbocycles. The third-order valence-electron chi connectivity index (χ3n) is 1.11. The molecule has 1 aromatic rings. The number of rotatable bonds is 2. The van der Waals surface area contributed by atoms with E-state index in [9.17, 15) is 0 Å². The molecule has 0 unspecified atom stereocenters. The topological polar surface area (TPSA) is 70.8 Å². The molecule has 0 fully saturated rings. The van der Waals surface area contributed by atoms with Gasteiger partial charge >= 0.3 is 0 Å². The molecule has 0 atom stereocenters. The zero-order valence-electron chi connectivity index (χ0n) is 6.13. The Bertz CT molecular complexity index is 204. The van der Waals surface area contributed by atoms with E-state index in [4.69, 9.17) is 5.73 Å². The highest BCUT2D eigenvalue weighted by atomic mass is 15.3. The van der Waals surface area contributed by atoms with Gasteiger partial charge in [-0.15, -0.1) is 5.10 Å². The second kappa shape index (κ2) is 2.66. The zero-order chi connectivity index (χ0) is 7.56. The van der Waals surface area contributed by atoms with Gasteiger partial charge in [-0.25, -0.2) is 0 Å². The van der Waals surface area contributed by atoms with E-state index in [-0.39, 0.29) is 0 Å². The number of hydrogen-bond donors (Lipinski definition) is 2. The van der Waals surface area contributed by atoms with Crippen LogP contribution < -0.4 is 10.6 Å². The quantitative estimate of drug-likeness (QED) is 0.573. The van der Waals surface area contributed by atoms with Crippen molar-refractivity contribution in [2.75, 3.05) is 19.0 Å². The van der Waals surface area contributed by atoms with Crippen LogP contribution in [-0.4, -0.2) is 29.3 Å². The summed E-state index contributed by atoms with van der Waals surface area (Å²) >= 11 is 0. The minimum absolute atomic E-state index is 0.404. The van der Waals surface area contributed by atoms with E-state index in [2.05, 4.69) is 15.2 Å². The third-order valence-corrected chi connectivity index (χ3v) is 1.11. The number of aromatic nitrogens is 3. The Labute approximate surface area is 59.2 Å². The van der Waals surface area contributed by atoms with Crippen LogP contribution in [0.2, 0.25) is 0 Å². The van der Waals surface area contributed by atoms with Gasteiger partial charge in [-0.05, 0) is 0 Å². The van der Waals surface area contributed by atoms with Gasteiger partial charge in [0, 0.05) is 14.1 Å². The molecule has 1 heterocycles. The molecule has 10 heavy (non-hydrogen) atoms. The maximum atomic E-state index is 5.31. The van der Waals surface area contributed by atoms with Crippen molar-refractivity contribution in [2.45, 2.75) is 6.54 Å². The van der Waals surface area contributed by atoms with Crippen molar-refractivity contribution in [1.82, 2.24) is 15.2 Å². The first kappa shape index (κ1) is 7.01. The van der Waals surface area contributed by atoms with Gasteiger partial charge in [0.05, 0.1) is 6.54 Å². The summed E-state index contributed by atoms with van der Waals surface area (Å²) in [5, 5.41) is 6.61. The van der Waals surface area contributed by atoms with E-state index in [0.29, 0.717) is 18.3 Å². The fourth-order valence-electron chi connectivity index (χ4n) is 0.577. The van der Waals surface area contributed by atoms with Crippen LogP contribution in [0.3, 0.4) is 0 Å². The van der Waals surface area contributed by atoms with E-state index in [0.717, 1.165) is 0 Å². The lowest BCUT2D eigenvalue weighted by molar-refractivity contribution is 0.916. The smallest absolute Gasteiger partial charge is 0.244 e. The minimum atomic E-state index is 0.404. The Balaban J connectivity index is 2.78. The lowest BCUT2D eigenvalue weighted by atomic mass is 10.6. The highest BCUT2D eigenvalue weighted by Gasteiger charge is 2.00. The SMILES string of the molecule is CN(C)c1n[nH]c(CN)n1. The zero-order valence-corrected chi connectivity index (χ0v) is 6.13. The van der Waals surface area contributed by atoms with Crippen molar-refractivity contribution in [3.8, 4) is 0 Å². The van der Waals surface area contributed by atoms with Gasteiger partial charge in [0.25, 0.3) is 0 Å². The number of anilines is 1. The molecule has 5 heteroatoms. The van der Waals surface area contributed by atoms with Gasteiger partial charge in [-0.1, -0.05) is 0 Å². The summed E-state index contributed by atoms with van der Waals surface area (Å²) in [6.07, 6.45) is 0. The first-order valence-electron chi connectivity index (χ1n) is 3.02. The van der Waals surface area contributed by atoms with Crippen molar-refractivity contribution in [3.63, 3.8) is 0 Å². The molecular formula is C5H11N5. The second-order valence-electron chi connectivity index (χ2n) is 2.18. The van der Waals surface area contributed by atoms with E-state index in [1.807, 2.05) is 19.0 Å². The molecular weight excluding hydrogens is 130 g/mol. The van der Waals surface area contributed by atoms with Crippen LogP contribution in [0.5, 0.6) is 0 Å². The average Bonchev–Trinajstić information content (AvgIpc) is 2.34. The Morgan fingerprint density at radius 1 is 1.60 bits per heavy atom. The first-order valence-corrected chi connectivity index (χ1v) is 3.02. The van der Waals surface area contributed by atoms with Crippen LogP contribution in [-0.2, 0) is 6.54 Å². The number of hydrogen-bond acceptors (Lipinski definition) is 4. The van der Waals surface area contributed by atoms with Gasteiger partial charge in [-0.3, -0.25) is 5.10 Å². The van der Waals surface area contributed by atoms with Gasteiger partial charge < -0.3 is 10.6 Å². The monoisotopic (exact) mass is 141 g/mol. The largest absolute Gasteiger partial charge is 0.346 e. The minimum Gasteiger partial charge on any atom is -0.346 e. The van der Waals surface area contributed by atoms with E-state index in [1.54, 1.807) is 0 Å². The van der Waals surface area contributed by atoms with Crippen molar-refractivity contribution in [2.24, 2.45) is 5.73 Å². The number of aromatic amines is 1. The molecule has 5 nitrogen and oxygen atoms in total. The number of nitrogens with one attached hydrogen (secondary N) is 1. The highest BCUT2D eigenvalue weighted by molar-refractivity contribution is 5.24. The molecule has 0 aliphatic heterocycles. The number of nitrogens with two attached hydrogens (primary N) is 1. The molecule has 0 saturated heterocycles. The predicted molar refractivity (Wildman–Crippen MR) is 38.6 cm³/mol. The Morgan fingerprint density at radius 2 is 2.30 bits per heavy atom. The average molecular weight is 141 g/mol. The highest BCUT2D eigenvalue weighted by Crippen LogP contribution is 1.99. The molecule has 56 valence electrons. The number of nitrogens with zero attached hydrogens (tertiary/aromatic N) is 3. The predicted octanol–water partition coefficient (Wildman–Crippen LogP) is -0.671. The van der Waals surface area contributed by atoms with Gasteiger partial charge in [0.2, 0.25) is 5.95 Å². The lowest BCUT2D eigenvalue weighted by Crippen LogP contribution is -2.10. The first-order chi connectivity index (χ1) is 4.74. The van der Waals surface area contributed by atoms with E-state index in [1.165, 1.54) is 0 Å². The summed E-state index contributed by atoms with van der Waals surface area (Å²) in [7, 11) is 3.76. The second-order valence-corrected chi connectivity index (χ2v) is 2.18. The summed E-state index contributed by atoms with van der Waals surface area (Å²) in [5.74, 6) is 1.38. The lowest BCUT2D eigenvalue weighted by Gasteiger charge is -2.03. The molecule has 0 aromatic carbocycles. The van der Waals surface area contributed by atoms with Crippen LogP contribution in [0.15, 0.2) is 0 Å². The third kappa shape index (κ3) is 1.24. The summed E-state index contributed by atoms with van der Waals surface area (Å²) in [4.78, 5) is 5.88. The molecule has 0 aliphatic rings. The Kier molecular flexibility index (Phi) is 1.86. The van der Waals surface area contributed by atoms with Crippen molar-refractivity contribution in [3.05, 3.63) is 5.82 Å². The Hall–Kier alpha value is -1.10. The molecule has 0 amide bonds. The van der Waals surface area contributed by atoms with E-state index < -0.39 is 0 Å². The summed E-state index contributed by atoms with van der Waals surface area (Å²) in [6.45, 7) is 0.404. The van der Waals surface area contributed by atoms with Crippen molar-refractivity contribution >= 4 is 5.95 Å². The summed E-state index contributed by atoms with van der Waals surface area (Å²) in [5.41, 5.74) is 5.31. The maximum absolute atomic E-state index is 5.31. The number of H-pyrrole nitrogens is 1. The van der Waals surface area contributed by atoms with Crippen LogP contribution in [0.1, 0.15) is 5.82 Å². The van der Waals surface area contributed by atoms with E-state index >= 15 is 0 Å². The Morgan fingerprint density at radius 3 is 2.60 bits per heavy atom. The molecule has 1 aromatic heterocycles. The van der Waals surface area contributed by atoms with Crippen LogP contribution in [0.4, 0.5) is 5.95 Å². The summed E-state index contributed by atoms with van der Waals surface area (Å²) in [6, 6.07) is 0. The van der Waals surface area contributed by atoms with Crippen LogP contribution >= 0.6 is 0 Å².